The van der Waals surface area contributed by atoms with Crippen molar-refractivity contribution in [2.24, 2.45) is 0 Å². The Morgan fingerprint density at radius 3 is 2.46 bits per heavy atom. The molecule has 26 heavy (non-hydrogen) atoms. The van der Waals surface area contributed by atoms with E-state index in [9.17, 15) is 26.3 Å². The second-order valence-corrected chi connectivity index (χ2v) is 5.50. The number of aromatic nitrogens is 2. The Morgan fingerprint density at radius 1 is 1.04 bits per heavy atom. The highest BCUT2D eigenvalue weighted by Crippen LogP contribution is 2.38. The molecule has 10 heteroatoms. The van der Waals surface area contributed by atoms with Crippen LogP contribution in [-0.2, 0) is 0 Å². The van der Waals surface area contributed by atoms with Crippen molar-refractivity contribution in [2.45, 2.75) is 12.1 Å². The number of halogens is 6. The molecule has 2 aromatic carbocycles. The van der Waals surface area contributed by atoms with Gasteiger partial charge in [0, 0.05) is 10.9 Å². The summed E-state index contributed by atoms with van der Waals surface area (Å²) in [5.41, 5.74) is 6.46. The lowest BCUT2D eigenvalue weighted by Crippen LogP contribution is -2.41. The molecular formula is C16H11F6N3O. The first-order valence-electron chi connectivity index (χ1n) is 7.19. The van der Waals surface area contributed by atoms with Gasteiger partial charge in [-0.1, -0.05) is 6.07 Å². The van der Waals surface area contributed by atoms with Gasteiger partial charge in [-0.15, -0.1) is 0 Å². The number of hydrogen-bond donors (Lipinski definition) is 2. The summed E-state index contributed by atoms with van der Waals surface area (Å²) in [7, 11) is 0. The van der Waals surface area contributed by atoms with Gasteiger partial charge in [0.15, 0.2) is 12.4 Å². The maximum absolute atomic E-state index is 13.6. The van der Waals surface area contributed by atoms with Crippen molar-refractivity contribution in [3.8, 4) is 16.9 Å². The summed E-state index contributed by atoms with van der Waals surface area (Å²) in [6.07, 6.45) is -5.75. The number of H-pyrrole nitrogens is 1. The number of rotatable bonds is 4. The third-order valence-corrected chi connectivity index (χ3v) is 3.67. The summed E-state index contributed by atoms with van der Waals surface area (Å²) < 4.78 is 81.3. The molecule has 0 saturated carbocycles. The fourth-order valence-electron chi connectivity index (χ4n) is 2.31. The Kier molecular flexibility index (Phi) is 4.21. The average molecular weight is 375 g/mol. The molecular weight excluding hydrogens is 364 g/mol. The molecule has 0 unspecified atom stereocenters. The number of anilines is 1. The lowest BCUT2D eigenvalue weighted by Gasteiger charge is -2.21. The fraction of sp³-hybridized carbons (Fsp3) is 0.188. The van der Waals surface area contributed by atoms with Crippen LogP contribution in [0.5, 0.6) is 5.75 Å². The Balaban J connectivity index is 1.97. The van der Waals surface area contributed by atoms with E-state index in [4.69, 9.17) is 5.73 Å². The van der Waals surface area contributed by atoms with Crippen LogP contribution >= 0.6 is 0 Å². The van der Waals surface area contributed by atoms with Crippen molar-refractivity contribution in [2.75, 3.05) is 12.3 Å². The van der Waals surface area contributed by atoms with E-state index in [1.54, 1.807) is 6.07 Å². The van der Waals surface area contributed by atoms with E-state index < -0.39 is 24.5 Å². The van der Waals surface area contributed by atoms with Gasteiger partial charge in [0.2, 0.25) is 0 Å². The summed E-state index contributed by atoms with van der Waals surface area (Å²) in [6.45, 7) is -1.92. The number of nitrogen functional groups attached to an aromatic ring is 1. The van der Waals surface area contributed by atoms with Gasteiger partial charge in [0.25, 0.3) is 0 Å². The number of nitrogens with zero attached hydrogens (tertiary/aromatic N) is 1. The van der Waals surface area contributed by atoms with Crippen molar-refractivity contribution < 1.29 is 31.1 Å². The van der Waals surface area contributed by atoms with Gasteiger partial charge >= 0.3 is 12.1 Å². The van der Waals surface area contributed by atoms with Crippen molar-refractivity contribution in [3.05, 3.63) is 42.2 Å². The van der Waals surface area contributed by atoms with Gasteiger partial charge in [-0.2, -0.15) is 27.1 Å². The maximum atomic E-state index is 13.6. The molecule has 4 nitrogen and oxygen atoms in total. The SMILES string of the molecule is Nc1n[nH]c2cc(-c3cc(F)ccc3OCC(F)(F)C(F)(F)F)ccc12. The number of nitrogens with two attached hydrogens (primary N) is 1. The van der Waals surface area contributed by atoms with Crippen LogP contribution in [-0.4, -0.2) is 28.9 Å². The molecule has 0 amide bonds. The summed E-state index contributed by atoms with van der Waals surface area (Å²) in [5.74, 6) is -5.84. The third-order valence-electron chi connectivity index (χ3n) is 3.67. The van der Waals surface area contributed by atoms with E-state index in [1.807, 2.05) is 0 Å². The molecule has 0 saturated heterocycles. The van der Waals surface area contributed by atoms with Crippen LogP contribution < -0.4 is 10.5 Å². The molecule has 0 spiro atoms. The highest BCUT2D eigenvalue weighted by molar-refractivity contribution is 5.92. The lowest BCUT2D eigenvalue weighted by atomic mass is 10.0. The standard InChI is InChI=1S/C16H11F6N3O/c17-9-2-4-13(26-7-15(18,19)16(20,21)22)11(6-9)8-1-3-10-12(5-8)24-25-14(10)23/h1-6H,7H2,(H3,23,24,25). The molecule has 0 atom stereocenters. The second-order valence-electron chi connectivity index (χ2n) is 5.50. The van der Waals surface area contributed by atoms with E-state index in [0.29, 0.717) is 16.5 Å². The van der Waals surface area contributed by atoms with Crippen LogP contribution in [0.25, 0.3) is 22.0 Å². The van der Waals surface area contributed by atoms with Crippen LogP contribution in [0.3, 0.4) is 0 Å². The quantitative estimate of drug-likeness (QED) is 0.659. The lowest BCUT2D eigenvalue weighted by molar-refractivity contribution is -0.289. The number of alkyl halides is 5. The van der Waals surface area contributed by atoms with Crippen molar-refractivity contribution in [1.82, 2.24) is 10.2 Å². The number of hydrogen-bond acceptors (Lipinski definition) is 3. The average Bonchev–Trinajstić information content (AvgIpc) is 2.93. The molecule has 0 radical (unpaired) electrons. The summed E-state index contributed by atoms with van der Waals surface area (Å²) in [5, 5.41) is 7.00. The number of nitrogens with one attached hydrogen (secondary N) is 1. The maximum Gasteiger partial charge on any atom is 0.456 e. The van der Waals surface area contributed by atoms with Gasteiger partial charge in [-0.05, 0) is 35.9 Å². The molecule has 138 valence electrons. The monoisotopic (exact) mass is 375 g/mol. The molecule has 3 aromatic rings. The van der Waals surface area contributed by atoms with Crippen LogP contribution in [0.1, 0.15) is 0 Å². The van der Waals surface area contributed by atoms with Crippen LogP contribution in [0.4, 0.5) is 32.2 Å². The normalized spacial score (nSPS) is 12.5. The van der Waals surface area contributed by atoms with E-state index in [-0.39, 0.29) is 17.1 Å². The Hall–Kier alpha value is -2.91. The van der Waals surface area contributed by atoms with E-state index in [1.165, 1.54) is 12.1 Å². The van der Waals surface area contributed by atoms with E-state index in [2.05, 4.69) is 14.9 Å². The van der Waals surface area contributed by atoms with E-state index >= 15 is 0 Å². The first-order valence-corrected chi connectivity index (χ1v) is 7.19. The Bertz CT molecular complexity index is 951. The Morgan fingerprint density at radius 2 is 1.77 bits per heavy atom. The van der Waals surface area contributed by atoms with Gasteiger partial charge in [-0.25, -0.2) is 4.39 Å². The number of fused-ring (bicyclic) bond motifs is 1. The third kappa shape index (κ3) is 3.26. The minimum atomic E-state index is -5.75. The summed E-state index contributed by atoms with van der Waals surface area (Å²) in [4.78, 5) is 0. The number of ether oxygens (including phenoxy) is 1. The van der Waals surface area contributed by atoms with Crippen molar-refractivity contribution >= 4 is 16.7 Å². The van der Waals surface area contributed by atoms with Gasteiger partial charge in [0.1, 0.15) is 11.6 Å². The fourth-order valence-corrected chi connectivity index (χ4v) is 2.31. The molecule has 0 aliphatic heterocycles. The minimum absolute atomic E-state index is 0.0121. The van der Waals surface area contributed by atoms with Crippen LogP contribution in [0, 0.1) is 5.82 Å². The molecule has 3 rings (SSSR count). The summed E-state index contributed by atoms with van der Waals surface area (Å²) in [6, 6.07) is 7.42. The highest BCUT2D eigenvalue weighted by atomic mass is 19.4. The first kappa shape index (κ1) is 17.9. The minimum Gasteiger partial charge on any atom is -0.486 e. The first-order chi connectivity index (χ1) is 12.1. The predicted molar refractivity (Wildman–Crippen MR) is 82.4 cm³/mol. The summed E-state index contributed by atoms with van der Waals surface area (Å²) >= 11 is 0. The van der Waals surface area contributed by atoms with Crippen molar-refractivity contribution in [3.63, 3.8) is 0 Å². The zero-order valence-corrected chi connectivity index (χ0v) is 12.9. The number of aromatic amines is 1. The number of benzene rings is 2. The largest absolute Gasteiger partial charge is 0.486 e. The van der Waals surface area contributed by atoms with Crippen molar-refractivity contribution in [1.29, 1.82) is 0 Å². The Labute approximate surface area is 142 Å². The second kappa shape index (κ2) is 6.11. The molecule has 0 bridgehead atoms. The smallest absolute Gasteiger partial charge is 0.456 e. The van der Waals surface area contributed by atoms with Crippen LogP contribution in [0.15, 0.2) is 36.4 Å². The molecule has 0 fully saturated rings. The molecule has 0 aliphatic carbocycles. The zero-order chi connectivity index (χ0) is 19.1. The van der Waals surface area contributed by atoms with Crippen LogP contribution in [0.2, 0.25) is 0 Å². The molecule has 0 aliphatic rings. The van der Waals surface area contributed by atoms with Gasteiger partial charge < -0.3 is 10.5 Å². The highest BCUT2D eigenvalue weighted by Gasteiger charge is 2.58. The predicted octanol–water partition coefficient (Wildman–Crippen LogP) is 4.53. The molecule has 1 aromatic heterocycles. The topological polar surface area (TPSA) is 63.9 Å². The van der Waals surface area contributed by atoms with Gasteiger partial charge in [-0.3, -0.25) is 5.10 Å². The van der Waals surface area contributed by atoms with E-state index in [0.717, 1.165) is 18.2 Å². The molecule has 1 heterocycles. The van der Waals surface area contributed by atoms with Gasteiger partial charge in [0.05, 0.1) is 5.52 Å². The molecule has 3 N–H and O–H groups in total. The zero-order valence-electron chi connectivity index (χ0n) is 12.9.